The predicted molar refractivity (Wildman–Crippen MR) is 202 cm³/mol. The number of anilines is 2. The molecule has 40 heavy (non-hydrogen) atoms. The van der Waals surface area contributed by atoms with Crippen molar-refractivity contribution >= 4 is 193 Å². The van der Waals surface area contributed by atoms with Gasteiger partial charge in [0.1, 0.15) is 0 Å². The van der Waals surface area contributed by atoms with Crippen LogP contribution in [-0.4, -0.2) is 54.0 Å². The highest BCUT2D eigenvalue weighted by atomic mass is 127. The van der Waals surface area contributed by atoms with Gasteiger partial charge in [0.2, 0.25) is 11.8 Å². The average Bonchev–Trinajstić information content (AvgIpc) is 2.83. The number of carbonyl (C=O) groups is 6. The molecule has 18 heteroatoms. The summed E-state index contributed by atoms with van der Waals surface area (Å²) in [6.45, 7) is 2.68. The van der Waals surface area contributed by atoms with E-state index in [0.29, 0.717) is 38.4 Å². The average molecular weight is 1250 g/mol. The Bertz CT molecular complexity index is 1340. The molecule has 0 aliphatic carbocycles. The molecular weight excluding hydrogens is 1230 g/mol. The van der Waals surface area contributed by atoms with Crippen LogP contribution in [0, 0.1) is 21.4 Å². The molecule has 0 aromatic heterocycles. The summed E-state index contributed by atoms with van der Waals surface area (Å²) < 4.78 is 2.79. The molecule has 0 atom stereocenters. The normalized spacial score (nSPS) is 10.1. The zero-order chi connectivity index (χ0) is 31.2. The van der Waals surface area contributed by atoms with Crippen molar-refractivity contribution in [2.75, 3.05) is 24.7 Å². The predicted octanol–water partition coefficient (Wildman–Crippen LogP) is 5.71. The summed E-state index contributed by atoms with van der Waals surface area (Å²) in [5.41, 5.74) is 1.55. The number of amides is 4. The third-order valence-electron chi connectivity index (χ3n) is 4.55. The number of benzene rings is 2. The lowest BCUT2D eigenvalue weighted by molar-refractivity contribution is -0.115. The number of hydrogen-bond donors (Lipinski definition) is 5. The number of carboxylic acid groups (broad SMARTS) is 1. The van der Waals surface area contributed by atoms with Gasteiger partial charge in [0.25, 0.3) is 17.1 Å². The number of nitrogens with one attached hydrogen (secondary N) is 4. The minimum atomic E-state index is -1.15. The van der Waals surface area contributed by atoms with Gasteiger partial charge < -0.3 is 26.4 Å². The standard InChI is InChI=1S/C11H8ClI3N2O3.C11H9I3N2O4/c1-3(18)17-9-7(14)4(10(12)19)6(13)5(8(9)15)11(20)16-2;1-3(17)16-9-7(13)4(10(18)15-2)6(12)5(8(9)14)11(19)20/h1-2H3,(H,16,20)(H,17,18);1-2H3,(H,15,18)(H,16,17)(H,19,20). The van der Waals surface area contributed by atoms with Gasteiger partial charge in [-0.1, -0.05) is 0 Å². The van der Waals surface area contributed by atoms with Crippen LogP contribution in [0.2, 0.25) is 0 Å². The Hall–Kier alpha value is 0.130. The molecule has 0 saturated carbocycles. The van der Waals surface area contributed by atoms with Crippen LogP contribution in [0.25, 0.3) is 0 Å². The molecule has 0 spiro atoms. The van der Waals surface area contributed by atoms with Crippen molar-refractivity contribution in [3.05, 3.63) is 43.7 Å². The van der Waals surface area contributed by atoms with E-state index in [2.05, 4.69) is 21.3 Å². The Balaban J connectivity index is 0.000000400. The molecule has 11 nitrogen and oxygen atoms in total. The van der Waals surface area contributed by atoms with E-state index in [1.54, 1.807) is 0 Å². The maximum Gasteiger partial charge on any atom is 0.337 e. The van der Waals surface area contributed by atoms with Crippen molar-refractivity contribution in [1.82, 2.24) is 10.6 Å². The first-order valence-corrected chi connectivity index (χ1v) is 17.1. The quantitative estimate of drug-likeness (QED) is 0.182. The number of carboxylic acids is 1. The lowest BCUT2D eigenvalue weighted by Crippen LogP contribution is -2.24. The summed E-state index contributed by atoms with van der Waals surface area (Å²) in [5, 5.41) is 18.8. The smallest absolute Gasteiger partial charge is 0.337 e. The lowest BCUT2D eigenvalue weighted by atomic mass is 10.1. The number of carbonyl (C=O) groups excluding carboxylic acids is 5. The summed E-state index contributed by atoms with van der Waals surface area (Å²) >= 11 is 17.0. The van der Waals surface area contributed by atoms with Gasteiger partial charge in [-0.3, -0.25) is 24.0 Å². The Kier molecular flexibility index (Phi) is 16.1. The van der Waals surface area contributed by atoms with E-state index in [-0.39, 0.29) is 34.4 Å². The van der Waals surface area contributed by atoms with E-state index in [4.69, 9.17) is 11.6 Å². The summed E-state index contributed by atoms with van der Waals surface area (Å²) in [7, 11) is 2.96. The lowest BCUT2D eigenvalue weighted by Gasteiger charge is -2.17. The van der Waals surface area contributed by atoms with E-state index < -0.39 is 17.1 Å². The van der Waals surface area contributed by atoms with Crippen LogP contribution < -0.4 is 21.3 Å². The van der Waals surface area contributed by atoms with Crippen LogP contribution in [0.1, 0.15) is 55.3 Å². The van der Waals surface area contributed by atoms with Gasteiger partial charge >= 0.3 is 5.97 Å². The molecule has 5 N–H and O–H groups in total. The Morgan fingerprint density at radius 2 is 0.875 bits per heavy atom. The second-order valence-corrected chi connectivity index (χ2v) is 14.0. The molecule has 0 saturated heterocycles. The van der Waals surface area contributed by atoms with Crippen molar-refractivity contribution in [1.29, 1.82) is 0 Å². The molecule has 216 valence electrons. The molecular formula is C22H17ClI6N4O7. The third-order valence-corrected chi connectivity index (χ3v) is 11.2. The Morgan fingerprint density at radius 3 is 1.15 bits per heavy atom. The number of halogens is 7. The topological polar surface area (TPSA) is 171 Å². The largest absolute Gasteiger partial charge is 0.478 e. The number of rotatable bonds is 6. The van der Waals surface area contributed by atoms with Crippen molar-refractivity contribution < 1.29 is 33.9 Å². The fraction of sp³-hybridized carbons (Fsp3) is 0.182. The third kappa shape index (κ3) is 9.07. The summed E-state index contributed by atoms with van der Waals surface area (Å²) in [4.78, 5) is 69.5. The molecule has 4 amide bonds. The number of hydrogen-bond acceptors (Lipinski definition) is 6. The Morgan fingerprint density at radius 1 is 0.575 bits per heavy atom. The molecule has 0 unspecified atom stereocenters. The minimum Gasteiger partial charge on any atom is -0.478 e. The van der Waals surface area contributed by atoms with Crippen molar-refractivity contribution in [3.63, 3.8) is 0 Å². The molecule has 0 fully saturated rings. The molecule has 0 radical (unpaired) electrons. The maximum atomic E-state index is 12.0. The van der Waals surface area contributed by atoms with Crippen LogP contribution in [0.5, 0.6) is 0 Å². The molecule has 2 aromatic rings. The molecule has 0 bridgehead atoms. The zero-order valence-corrected chi connectivity index (χ0v) is 34.2. The van der Waals surface area contributed by atoms with Crippen LogP contribution in [0.4, 0.5) is 11.4 Å². The first-order chi connectivity index (χ1) is 18.4. The van der Waals surface area contributed by atoms with Crippen LogP contribution in [0.15, 0.2) is 0 Å². The highest BCUT2D eigenvalue weighted by molar-refractivity contribution is 14.1. The summed E-state index contributed by atoms with van der Waals surface area (Å²) in [6.07, 6.45) is 0. The fourth-order valence-corrected chi connectivity index (χ4v) is 12.2. The fourth-order valence-electron chi connectivity index (χ4n) is 2.91. The van der Waals surface area contributed by atoms with Gasteiger partial charge in [-0.25, -0.2) is 4.79 Å². The zero-order valence-electron chi connectivity index (χ0n) is 20.5. The maximum absolute atomic E-state index is 12.0. The van der Waals surface area contributed by atoms with Gasteiger partial charge in [0.05, 0.1) is 47.9 Å². The van der Waals surface area contributed by atoms with Crippen molar-refractivity contribution in [2.45, 2.75) is 13.8 Å². The number of aromatic carboxylic acids is 1. The molecule has 2 aromatic carbocycles. The van der Waals surface area contributed by atoms with Gasteiger partial charge in [-0.05, 0) is 147 Å². The second kappa shape index (κ2) is 16.8. The SMILES string of the molecule is CNC(=O)c1c(I)c(NC(C)=O)c(I)c(C(=O)Cl)c1I.CNC(=O)c1c(I)c(NC(C)=O)c(I)c(C(=O)O)c1I. The van der Waals surface area contributed by atoms with Crippen molar-refractivity contribution in [3.8, 4) is 0 Å². The summed E-state index contributed by atoms with van der Waals surface area (Å²) in [5.74, 6) is -2.52. The van der Waals surface area contributed by atoms with Crippen LogP contribution in [-0.2, 0) is 9.59 Å². The monoisotopic (exact) mass is 1250 g/mol. The van der Waals surface area contributed by atoms with Gasteiger partial charge in [0, 0.05) is 35.1 Å². The van der Waals surface area contributed by atoms with E-state index in [1.165, 1.54) is 27.9 Å². The van der Waals surface area contributed by atoms with Crippen molar-refractivity contribution in [2.24, 2.45) is 0 Å². The highest BCUT2D eigenvalue weighted by Crippen LogP contribution is 2.37. The first kappa shape index (κ1) is 38.2. The summed E-state index contributed by atoms with van der Waals surface area (Å²) in [6, 6.07) is 0. The molecule has 0 heterocycles. The first-order valence-electron chi connectivity index (χ1n) is 10.3. The van der Waals surface area contributed by atoms with Gasteiger partial charge in [-0.2, -0.15) is 0 Å². The van der Waals surface area contributed by atoms with Crippen LogP contribution in [0.3, 0.4) is 0 Å². The molecule has 0 aliphatic heterocycles. The second-order valence-electron chi connectivity index (χ2n) is 7.23. The van der Waals surface area contributed by atoms with Crippen LogP contribution >= 0.6 is 147 Å². The Labute approximate surface area is 315 Å². The minimum absolute atomic E-state index is 0.00830. The van der Waals surface area contributed by atoms with Gasteiger partial charge in [-0.15, -0.1) is 0 Å². The molecule has 0 aliphatic rings. The van der Waals surface area contributed by atoms with E-state index in [0.717, 1.165) is 0 Å². The van der Waals surface area contributed by atoms with Gasteiger partial charge in [0.15, 0.2) is 0 Å². The molecule has 2 rings (SSSR count). The van der Waals surface area contributed by atoms with E-state index in [9.17, 15) is 33.9 Å². The van der Waals surface area contributed by atoms with E-state index >= 15 is 0 Å². The van der Waals surface area contributed by atoms with E-state index in [1.807, 2.05) is 136 Å². The highest BCUT2D eigenvalue weighted by Gasteiger charge is 2.28.